The second kappa shape index (κ2) is 6.50. The SMILES string of the molecule is CCCN1CCC2(CCNCC2c2cccc(C)c2)CC1. The van der Waals surface area contributed by atoms with E-state index in [0.29, 0.717) is 11.3 Å². The summed E-state index contributed by atoms with van der Waals surface area (Å²) >= 11 is 0. The quantitative estimate of drug-likeness (QED) is 0.914. The highest BCUT2D eigenvalue weighted by Crippen LogP contribution is 2.48. The number of benzene rings is 1. The van der Waals surface area contributed by atoms with Gasteiger partial charge in [-0.25, -0.2) is 0 Å². The summed E-state index contributed by atoms with van der Waals surface area (Å²) in [5.41, 5.74) is 3.51. The molecule has 2 heterocycles. The number of hydrogen-bond donors (Lipinski definition) is 1. The Morgan fingerprint density at radius 3 is 2.76 bits per heavy atom. The van der Waals surface area contributed by atoms with E-state index in [9.17, 15) is 0 Å². The Hall–Kier alpha value is -0.860. The molecule has 1 spiro atoms. The van der Waals surface area contributed by atoms with E-state index in [1.165, 1.54) is 57.4 Å². The van der Waals surface area contributed by atoms with Crippen molar-refractivity contribution in [3.8, 4) is 0 Å². The zero-order valence-corrected chi connectivity index (χ0v) is 13.7. The zero-order chi connectivity index (χ0) is 14.7. The summed E-state index contributed by atoms with van der Waals surface area (Å²) in [4.78, 5) is 2.67. The molecule has 3 rings (SSSR count). The number of hydrogen-bond acceptors (Lipinski definition) is 2. The minimum atomic E-state index is 0.545. The van der Waals surface area contributed by atoms with Gasteiger partial charge >= 0.3 is 0 Å². The van der Waals surface area contributed by atoms with Crippen molar-refractivity contribution in [1.29, 1.82) is 0 Å². The average molecular weight is 286 g/mol. The predicted molar refractivity (Wildman–Crippen MR) is 89.8 cm³/mol. The largest absolute Gasteiger partial charge is 0.316 e. The maximum absolute atomic E-state index is 3.65. The summed E-state index contributed by atoms with van der Waals surface area (Å²) in [6.07, 6.45) is 5.40. The van der Waals surface area contributed by atoms with E-state index in [2.05, 4.69) is 48.3 Å². The van der Waals surface area contributed by atoms with Crippen LogP contribution in [0.15, 0.2) is 24.3 Å². The third-order valence-electron chi connectivity index (χ3n) is 5.72. The molecule has 0 saturated carbocycles. The van der Waals surface area contributed by atoms with E-state index in [1.807, 2.05) is 0 Å². The van der Waals surface area contributed by atoms with E-state index >= 15 is 0 Å². The smallest absolute Gasteiger partial charge is 0.00255 e. The summed E-state index contributed by atoms with van der Waals surface area (Å²) in [7, 11) is 0. The van der Waals surface area contributed by atoms with E-state index in [4.69, 9.17) is 0 Å². The topological polar surface area (TPSA) is 15.3 Å². The minimum Gasteiger partial charge on any atom is -0.316 e. The Morgan fingerprint density at radius 1 is 1.24 bits per heavy atom. The summed E-state index contributed by atoms with van der Waals surface area (Å²) in [5.74, 6) is 0.704. The maximum Gasteiger partial charge on any atom is 0.00255 e. The third kappa shape index (κ3) is 3.17. The second-order valence-electron chi connectivity index (χ2n) is 7.12. The van der Waals surface area contributed by atoms with Gasteiger partial charge in [-0.3, -0.25) is 0 Å². The van der Waals surface area contributed by atoms with Crippen LogP contribution in [0.1, 0.15) is 49.7 Å². The van der Waals surface area contributed by atoms with E-state index < -0.39 is 0 Å². The van der Waals surface area contributed by atoms with Crippen LogP contribution >= 0.6 is 0 Å². The zero-order valence-electron chi connectivity index (χ0n) is 13.7. The molecule has 2 nitrogen and oxygen atoms in total. The molecule has 0 bridgehead atoms. The van der Waals surface area contributed by atoms with Gasteiger partial charge in [-0.05, 0) is 69.8 Å². The lowest BCUT2D eigenvalue weighted by molar-refractivity contribution is 0.0539. The van der Waals surface area contributed by atoms with Crippen LogP contribution in [0.2, 0.25) is 0 Å². The van der Waals surface area contributed by atoms with Crippen LogP contribution in [-0.4, -0.2) is 37.6 Å². The van der Waals surface area contributed by atoms with E-state index in [1.54, 1.807) is 5.56 Å². The van der Waals surface area contributed by atoms with Gasteiger partial charge in [-0.15, -0.1) is 0 Å². The lowest BCUT2D eigenvalue weighted by Gasteiger charge is -2.50. The number of aryl methyl sites for hydroxylation is 1. The Labute approximate surface area is 129 Å². The fourth-order valence-corrected chi connectivity index (χ4v) is 4.47. The number of piperidine rings is 2. The third-order valence-corrected chi connectivity index (χ3v) is 5.72. The predicted octanol–water partition coefficient (Wildman–Crippen LogP) is 3.56. The van der Waals surface area contributed by atoms with Gasteiger partial charge < -0.3 is 10.2 Å². The normalized spacial score (nSPS) is 26.1. The number of nitrogens with one attached hydrogen (secondary N) is 1. The molecule has 0 aromatic heterocycles. The molecule has 0 aliphatic carbocycles. The Balaban J connectivity index is 1.79. The van der Waals surface area contributed by atoms with Crippen LogP contribution in [-0.2, 0) is 0 Å². The molecule has 1 aromatic carbocycles. The Bertz CT molecular complexity index is 460. The van der Waals surface area contributed by atoms with Gasteiger partial charge in [0.15, 0.2) is 0 Å². The first-order valence-corrected chi connectivity index (χ1v) is 8.73. The summed E-state index contributed by atoms with van der Waals surface area (Å²) in [6.45, 7) is 10.8. The minimum absolute atomic E-state index is 0.545. The summed E-state index contributed by atoms with van der Waals surface area (Å²) in [5, 5.41) is 3.65. The van der Waals surface area contributed by atoms with Gasteiger partial charge in [0.25, 0.3) is 0 Å². The molecule has 0 amide bonds. The molecule has 1 atom stereocenters. The van der Waals surface area contributed by atoms with Crippen LogP contribution < -0.4 is 5.32 Å². The van der Waals surface area contributed by atoms with Crippen molar-refractivity contribution < 1.29 is 0 Å². The number of likely N-dealkylation sites (tertiary alicyclic amines) is 1. The van der Waals surface area contributed by atoms with Gasteiger partial charge in [0.2, 0.25) is 0 Å². The van der Waals surface area contributed by atoms with Crippen molar-refractivity contribution in [2.75, 3.05) is 32.7 Å². The highest BCUT2D eigenvalue weighted by molar-refractivity contribution is 5.28. The molecule has 2 saturated heterocycles. The molecule has 2 aliphatic rings. The highest BCUT2D eigenvalue weighted by atomic mass is 15.1. The van der Waals surface area contributed by atoms with Crippen LogP contribution in [0.3, 0.4) is 0 Å². The van der Waals surface area contributed by atoms with Gasteiger partial charge in [-0.2, -0.15) is 0 Å². The van der Waals surface area contributed by atoms with E-state index in [-0.39, 0.29) is 0 Å². The molecule has 2 aliphatic heterocycles. The molecule has 116 valence electrons. The first kappa shape index (κ1) is 15.1. The average Bonchev–Trinajstić information content (AvgIpc) is 2.50. The van der Waals surface area contributed by atoms with Gasteiger partial charge in [0, 0.05) is 12.5 Å². The number of rotatable bonds is 3. The second-order valence-corrected chi connectivity index (χ2v) is 7.12. The molecular weight excluding hydrogens is 256 g/mol. The molecular formula is C19H30N2. The number of nitrogens with zero attached hydrogens (tertiary/aromatic N) is 1. The molecule has 1 N–H and O–H groups in total. The van der Waals surface area contributed by atoms with Crippen molar-refractivity contribution in [2.24, 2.45) is 5.41 Å². The summed E-state index contributed by atoms with van der Waals surface area (Å²) in [6, 6.07) is 9.22. The fourth-order valence-electron chi connectivity index (χ4n) is 4.47. The van der Waals surface area contributed by atoms with Crippen molar-refractivity contribution in [1.82, 2.24) is 10.2 Å². The molecule has 0 radical (unpaired) electrons. The standard InChI is InChI=1S/C19H30N2/c1-3-11-21-12-8-19(9-13-21)7-10-20-15-18(19)17-6-4-5-16(2)14-17/h4-6,14,18,20H,3,7-13,15H2,1-2H3. The Kier molecular flexibility index (Phi) is 4.66. The van der Waals surface area contributed by atoms with Crippen LogP contribution in [0.5, 0.6) is 0 Å². The van der Waals surface area contributed by atoms with Crippen molar-refractivity contribution in [2.45, 2.75) is 45.4 Å². The van der Waals surface area contributed by atoms with Crippen molar-refractivity contribution in [3.63, 3.8) is 0 Å². The molecule has 1 unspecified atom stereocenters. The van der Waals surface area contributed by atoms with Gasteiger partial charge in [-0.1, -0.05) is 36.8 Å². The lowest BCUT2D eigenvalue weighted by atomic mass is 9.62. The fraction of sp³-hybridized carbons (Fsp3) is 0.684. The highest BCUT2D eigenvalue weighted by Gasteiger charge is 2.43. The Morgan fingerprint density at radius 2 is 2.05 bits per heavy atom. The molecule has 2 heteroatoms. The first-order valence-electron chi connectivity index (χ1n) is 8.73. The maximum atomic E-state index is 3.65. The molecule has 2 fully saturated rings. The monoisotopic (exact) mass is 286 g/mol. The van der Waals surface area contributed by atoms with Gasteiger partial charge in [0.05, 0.1) is 0 Å². The van der Waals surface area contributed by atoms with Gasteiger partial charge in [0.1, 0.15) is 0 Å². The van der Waals surface area contributed by atoms with Crippen molar-refractivity contribution >= 4 is 0 Å². The first-order chi connectivity index (χ1) is 10.2. The van der Waals surface area contributed by atoms with E-state index in [0.717, 1.165) is 6.54 Å². The van der Waals surface area contributed by atoms with Crippen molar-refractivity contribution in [3.05, 3.63) is 35.4 Å². The van der Waals surface area contributed by atoms with Crippen LogP contribution in [0, 0.1) is 12.3 Å². The summed E-state index contributed by atoms with van der Waals surface area (Å²) < 4.78 is 0. The lowest BCUT2D eigenvalue weighted by Crippen LogP contribution is -2.50. The molecule has 21 heavy (non-hydrogen) atoms. The van der Waals surface area contributed by atoms with Crippen LogP contribution in [0.4, 0.5) is 0 Å². The molecule has 1 aromatic rings. The van der Waals surface area contributed by atoms with Crippen LogP contribution in [0.25, 0.3) is 0 Å².